The van der Waals surface area contributed by atoms with Crippen molar-refractivity contribution in [3.8, 4) is 0 Å². The molecule has 2 aromatic heterocycles. The number of hydrogen-bond donors (Lipinski definition) is 2. The predicted molar refractivity (Wildman–Crippen MR) is 127 cm³/mol. The van der Waals surface area contributed by atoms with Crippen LogP contribution in [0.15, 0.2) is 53.6 Å². The number of nitrogens with zero attached hydrogens (tertiary/aromatic N) is 4. The van der Waals surface area contributed by atoms with Gasteiger partial charge in [-0.25, -0.2) is 13.1 Å². The van der Waals surface area contributed by atoms with E-state index in [9.17, 15) is 13.2 Å². The Labute approximate surface area is 192 Å². The molecule has 0 radical (unpaired) electrons. The molecule has 1 amide bonds. The summed E-state index contributed by atoms with van der Waals surface area (Å²) in [6.45, 7) is 4.23. The fourth-order valence-electron chi connectivity index (χ4n) is 3.78. The van der Waals surface area contributed by atoms with Gasteiger partial charge in [-0.1, -0.05) is 30.3 Å². The van der Waals surface area contributed by atoms with Gasteiger partial charge in [0.2, 0.25) is 15.9 Å². The number of sulfonamides is 1. The van der Waals surface area contributed by atoms with E-state index < -0.39 is 10.0 Å². The van der Waals surface area contributed by atoms with Crippen LogP contribution in [-0.2, 0) is 21.2 Å². The van der Waals surface area contributed by atoms with Gasteiger partial charge in [-0.05, 0) is 49.6 Å². The van der Waals surface area contributed by atoms with E-state index in [4.69, 9.17) is 0 Å². The van der Waals surface area contributed by atoms with Crippen LogP contribution < -0.4 is 5.32 Å². The Balaban J connectivity index is 1.38. The van der Waals surface area contributed by atoms with Crippen LogP contribution in [0.2, 0.25) is 0 Å². The van der Waals surface area contributed by atoms with E-state index in [1.807, 2.05) is 37.4 Å². The summed E-state index contributed by atoms with van der Waals surface area (Å²) >= 11 is 0. The van der Waals surface area contributed by atoms with Crippen LogP contribution in [0, 0.1) is 0 Å². The van der Waals surface area contributed by atoms with Crippen LogP contribution in [0.3, 0.4) is 0 Å². The third-order valence-electron chi connectivity index (χ3n) is 5.92. The molecule has 0 fully saturated rings. The number of likely N-dealkylation sites (N-methyl/N-ethyl adjacent to an activating group) is 1. The van der Waals surface area contributed by atoms with Gasteiger partial charge in [0.25, 0.3) is 0 Å². The fourth-order valence-corrected chi connectivity index (χ4v) is 4.93. The summed E-state index contributed by atoms with van der Waals surface area (Å²) in [5.74, 6) is -0.357. The Morgan fingerprint density at radius 3 is 2.82 bits per heavy atom. The number of aromatic nitrogens is 4. The molecular formula is C23H28N6O3S. The first kappa shape index (κ1) is 22.9. The Morgan fingerprint density at radius 1 is 1.24 bits per heavy atom. The first-order chi connectivity index (χ1) is 15.8. The number of amides is 1. The molecule has 2 heterocycles. The minimum Gasteiger partial charge on any atom is -0.361 e. The number of nitrogens with one attached hydrogen (secondary N) is 2. The molecule has 0 aliphatic carbocycles. The number of benzene rings is 2. The number of aromatic amines is 1. The number of para-hydroxylation sites is 1. The normalized spacial score (nSPS) is 13.1. The Morgan fingerprint density at radius 2 is 2.03 bits per heavy atom. The van der Waals surface area contributed by atoms with Gasteiger partial charge in [-0.3, -0.25) is 4.79 Å². The monoisotopic (exact) mass is 468 g/mol. The molecule has 33 heavy (non-hydrogen) atoms. The van der Waals surface area contributed by atoms with Crippen LogP contribution >= 0.6 is 0 Å². The molecule has 1 atom stereocenters. The first-order valence-electron chi connectivity index (χ1n) is 10.9. The average Bonchev–Trinajstić information content (AvgIpc) is 3.42. The van der Waals surface area contributed by atoms with Gasteiger partial charge >= 0.3 is 0 Å². The highest BCUT2D eigenvalue weighted by Crippen LogP contribution is 2.23. The topological polar surface area (TPSA) is 113 Å². The van der Waals surface area contributed by atoms with Crippen molar-refractivity contribution in [1.82, 2.24) is 29.6 Å². The zero-order valence-electron chi connectivity index (χ0n) is 18.9. The smallest absolute Gasteiger partial charge is 0.243 e. The van der Waals surface area contributed by atoms with Gasteiger partial charge in [0.15, 0.2) is 0 Å². The lowest BCUT2D eigenvalue weighted by Crippen LogP contribution is -2.39. The van der Waals surface area contributed by atoms with Crippen molar-refractivity contribution >= 4 is 37.9 Å². The van der Waals surface area contributed by atoms with E-state index in [1.165, 1.54) is 19.2 Å². The van der Waals surface area contributed by atoms with Crippen molar-refractivity contribution in [2.24, 2.45) is 0 Å². The number of rotatable bonds is 9. The molecule has 0 aliphatic rings. The lowest BCUT2D eigenvalue weighted by Gasteiger charge is -2.17. The highest BCUT2D eigenvalue weighted by molar-refractivity contribution is 7.89. The van der Waals surface area contributed by atoms with E-state index in [-0.39, 0.29) is 23.4 Å². The van der Waals surface area contributed by atoms with Gasteiger partial charge in [0.05, 0.1) is 23.0 Å². The molecule has 0 saturated carbocycles. The zero-order valence-corrected chi connectivity index (χ0v) is 19.8. The van der Waals surface area contributed by atoms with Crippen LogP contribution in [0.5, 0.6) is 0 Å². The molecule has 4 aromatic rings. The second kappa shape index (κ2) is 9.32. The summed E-state index contributed by atoms with van der Waals surface area (Å²) in [6, 6.07) is 12.9. The summed E-state index contributed by atoms with van der Waals surface area (Å²) < 4.78 is 28.8. The van der Waals surface area contributed by atoms with Crippen LogP contribution in [0.4, 0.5) is 0 Å². The number of hydrogen-bond acceptors (Lipinski definition) is 5. The second-order valence-electron chi connectivity index (χ2n) is 8.16. The van der Waals surface area contributed by atoms with E-state index in [2.05, 4.69) is 27.5 Å². The average molecular weight is 469 g/mol. The molecule has 4 rings (SSSR count). The minimum atomic E-state index is -3.85. The Hall–Kier alpha value is -3.24. The highest BCUT2D eigenvalue weighted by Gasteiger charge is 2.24. The molecule has 0 bridgehead atoms. The van der Waals surface area contributed by atoms with Crippen molar-refractivity contribution in [2.45, 2.75) is 37.6 Å². The Kier molecular flexibility index (Phi) is 6.48. The number of fused-ring (bicyclic) bond motifs is 2. The SMILES string of the molecule is CCC(C)n1nnc2cc(S(=O)(=O)N(C)CC(=O)NCCc3c[nH]c4ccccc34)ccc21. The molecule has 0 aliphatic heterocycles. The summed E-state index contributed by atoms with van der Waals surface area (Å²) in [5, 5.41) is 12.2. The predicted octanol–water partition coefficient (Wildman–Crippen LogP) is 2.86. The molecule has 10 heteroatoms. The molecule has 0 saturated heterocycles. The summed E-state index contributed by atoms with van der Waals surface area (Å²) in [5.41, 5.74) is 3.44. The van der Waals surface area contributed by atoms with Gasteiger partial charge in [0.1, 0.15) is 5.52 Å². The quantitative estimate of drug-likeness (QED) is 0.392. The maximum atomic E-state index is 13.0. The van der Waals surface area contributed by atoms with E-state index in [1.54, 1.807) is 10.7 Å². The van der Waals surface area contributed by atoms with Crippen molar-refractivity contribution < 1.29 is 13.2 Å². The van der Waals surface area contributed by atoms with Gasteiger partial charge in [0, 0.05) is 30.7 Å². The van der Waals surface area contributed by atoms with Crippen molar-refractivity contribution in [3.63, 3.8) is 0 Å². The standard InChI is InChI=1S/C23H28N6O3S/c1-4-16(2)29-22-10-9-18(13-21(22)26-27-29)33(31,32)28(3)15-23(30)24-12-11-17-14-25-20-8-6-5-7-19(17)20/h5-10,13-14,16,25H,4,11-12,15H2,1-3H3,(H,24,30). The highest BCUT2D eigenvalue weighted by atomic mass is 32.2. The summed E-state index contributed by atoms with van der Waals surface area (Å²) in [7, 11) is -2.45. The van der Waals surface area contributed by atoms with Crippen LogP contribution in [0.25, 0.3) is 21.9 Å². The molecule has 1 unspecified atom stereocenters. The van der Waals surface area contributed by atoms with Crippen molar-refractivity contribution in [3.05, 3.63) is 54.2 Å². The van der Waals surface area contributed by atoms with Crippen molar-refractivity contribution in [1.29, 1.82) is 0 Å². The van der Waals surface area contributed by atoms with E-state index >= 15 is 0 Å². The molecular weight excluding hydrogens is 440 g/mol. The van der Waals surface area contributed by atoms with Gasteiger partial charge in [-0.2, -0.15) is 4.31 Å². The van der Waals surface area contributed by atoms with Gasteiger partial charge < -0.3 is 10.3 Å². The molecule has 9 nitrogen and oxygen atoms in total. The Bertz CT molecular complexity index is 1390. The maximum absolute atomic E-state index is 13.0. The number of carbonyl (C=O) groups excluding carboxylic acids is 1. The third kappa shape index (κ3) is 4.62. The van der Waals surface area contributed by atoms with Crippen molar-refractivity contribution in [2.75, 3.05) is 20.1 Å². The number of H-pyrrole nitrogens is 1. The molecule has 0 spiro atoms. The summed E-state index contributed by atoms with van der Waals surface area (Å²) in [4.78, 5) is 15.7. The zero-order chi connectivity index (χ0) is 23.6. The first-order valence-corrected chi connectivity index (χ1v) is 12.4. The summed E-state index contributed by atoms with van der Waals surface area (Å²) in [6.07, 6.45) is 3.46. The lowest BCUT2D eigenvalue weighted by molar-refractivity contribution is -0.121. The number of carbonyl (C=O) groups is 1. The molecule has 2 N–H and O–H groups in total. The van der Waals surface area contributed by atoms with Crippen LogP contribution in [0.1, 0.15) is 31.9 Å². The minimum absolute atomic E-state index is 0.0836. The maximum Gasteiger partial charge on any atom is 0.243 e. The second-order valence-corrected chi connectivity index (χ2v) is 10.2. The van der Waals surface area contributed by atoms with E-state index in [0.29, 0.717) is 18.5 Å². The molecule has 174 valence electrons. The van der Waals surface area contributed by atoms with Crippen LogP contribution in [-0.4, -0.2) is 58.7 Å². The third-order valence-corrected chi connectivity index (χ3v) is 7.72. The fraction of sp³-hybridized carbons (Fsp3) is 0.348. The molecule has 2 aromatic carbocycles. The lowest BCUT2D eigenvalue weighted by atomic mass is 10.1. The largest absolute Gasteiger partial charge is 0.361 e. The van der Waals surface area contributed by atoms with Gasteiger partial charge in [-0.15, -0.1) is 5.10 Å². The van der Waals surface area contributed by atoms with E-state index in [0.717, 1.165) is 32.7 Å².